The van der Waals surface area contributed by atoms with E-state index in [1.54, 1.807) is 41.9 Å². The number of aromatic nitrogens is 1. The van der Waals surface area contributed by atoms with Crippen LogP contribution in [0.5, 0.6) is 11.5 Å². The number of carbonyl (C=O) groups is 3. The SMILES string of the molecule is COc1ccc(OC)c(N2C(=O)C(Cl)=C(Nc3cccc(C(=O)Nc4nccs4)c3)C2=O)c1. The molecule has 3 aromatic rings. The summed E-state index contributed by atoms with van der Waals surface area (Å²) < 4.78 is 10.5. The van der Waals surface area contributed by atoms with E-state index in [1.165, 1.54) is 37.7 Å². The largest absolute Gasteiger partial charge is 0.497 e. The fourth-order valence-electron chi connectivity index (χ4n) is 3.14. The van der Waals surface area contributed by atoms with Crippen molar-refractivity contribution < 1.29 is 23.9 Å². The Hall–Kier alpha value is -3.89. The number of methoxy groups -OCH3 is 2. The van der Waals surface area contributed by atoms with Crippen LogP contribution in [0.1, 0.15) is 10.4 Å². The van der Waals surface area contributed by atoms with Gasteiger partial charge >= 0.3 is 0 Å². The number of thiazole rings is 1. The molecular formula is C22H17ClN4O5S. The molecule has 3 amide bonds. The van der Waals surface area contributed by atoms with Gasteiger partial charge in [0.15, 0.2) is 5.13 Å². The monoisotopic (exact) mass is 484 g/mol. The number of halogens is 1. The molecule has 0 atom stereocenters. The molecule has 1 aromatic heterocycles. The summed E-state index contributed by atoms with van der Waals surface area (Å²) >= 11 is 7.52. The minimum absolute atomic E-state index is 0.121. The zero-order valence-electron chi connectivity index (χ0n) is 17.4. The maximum atomic E-state index is 13.1. The van der Waals surface area contributed by atoms with Gasteiger partial charge in [0.2, 0.25) is 0 Å². The van der Waals surface area contributed by atoms with Crippen molar-refractivity contribution in [1.29, 1.82) is 0 Å². The third kappa shape index (κ3) is 4.38. The van der Waals surface area contributed by atoms with Crippen molar-refractivity contribution in [3.63, 3.8) is 0 Å². The predicted molar refractivity (Wildman–Crippen MR) is 125 cm³/mol. The highest BCUT2D eigenvalue weighted by Crippen LogP contribution is 2.38. The predicted octanol–water partition coefficient (Wildman–Crippen LogP) is 3.85. The van der Waals surface area contributed by atoms with Crippen LogP contribution >= 0.6 is 22.9 Å². The number of nitrogens with zero attached hydrogens (tertiary/aromatic N) is 2. The summed E-state index contributed by atoms with van der Waals surface area (Å²) in [5, 5.41) is 7.46. The summed E-state index contributed by atoms with van der Waals surface area (Å²) in [6, 6.07) is 11.2. The third-order valence-electron chi connectivity index (χ3n) is 4.70. The Bertz CT molecular complexity index is 1280. The molecule has 0 bridgehead atoms. The molecule has 1 aliphatic heterocycles. The Labute approximate surface area is 197 Å². The maximum Gasteiger partial charge on any atom is 0.283 e. The van der Waals surface area contributed by atoms with E-state index in [9.17, 15) is 14.4 Å². The molecule has 0 radical (unpaired) electrons. The maximum absolute atomic E-state index is 13.1. The summed E-state index contributed by atoms with van der Waals surface area (Å²) in [7, 11) is 2.89. The van der Waals surface area contributed by atoms with Gasteiger partial charge in [0, 0.05) is 28.9 Å². The number of ether oxygens (including phenoxy) is 2. The molecule has 0 aliphatic carbocycles. The van der Waals surface area contributed by atoms with E-state index in [4.69, 9.17) is 21.1 Å². The van der Waals surface area contributed by atoms with Gasteiger partial charge in [0.25, 0.3) is 17.7 Å². The Morgan fingerprint density at radius 2 is 1.91 bits per heavy atom. The molecule has 1 aliphatic rings. The minimum Gasteiger partial charge on any atom is -0.497 e. The fourth-order valence-corrected chi connectivity index (χ4v) is 3.88. The second-order valence-electron chi connectivity index (χ2n) is 6.67. The van der Waals surface area contributed by atoms with Crippen LogP contribution in [-0.2, 0) is 9.59 Å². The molecule has 0 fully saturated rings. The van der Waals surface area contributed by atoms with Gasteiger partial charge < -0.3 is 14.8 Å². The Kier molecular flexibility index (Phi) is 6.29. The summed E-state index contributed by atoms with van der Waals surface area (Å²) in [4.78, 5) is 43.4. The lowest BCUT2D eigenvalue weighted by molar-refractivity contribution is -0.120. The molecule has 2 heterocycles. The first-order valence-electron chi connectivity index (χ1n) is 9.51. The molecule has 9 nitrogen and oxygen atoms in total. The number of rotatable bonds is 7. The smallest absolute Gasteiger partial charge is 0.283 e. The molecule has 0 saturated heterocycles. The molecule has 2 aromatic carbocycles. The lowest BCUT2D eigenvalue weighted by atomic mass is 10.2. The number of anilines is 3. The minimum atomic E-state index is -0.714. The van der Waals surface area contributed by atoms with Crippen LogP contribution in [-0.4, -0.2) is 36.9 Å². The molecule has 33 heavy (non-hydrogen) atoms. The van der Waals surface area contributed by atoms with Crippen molar-refractivity contribution in [2.24, 2.45) is 0 Å². The lowest BCUT2D eigenvalue weighted by Gasteiger charge is -2.19. The van der Waals surface area contributed by atoms with E-state index in [0.717, 1.165) is 4.90 Å². The molecule has 0 saturated carbocycles. The second-order valence-corrected chi connectivity index (χ2v) is 7.94. The first-order valence-corrected chi connectivity index (χ1v) is 10.8. The van der Waals surface area contributed by atoms with Crippen molar-refractivity contribution in [1.82, 2.24) is 4.98 Å². The summed E-state index contributed by atoms with van der Waals surface area (Å²) in [6.07, 6.45) is 1.58. The highest BCUT2D eigenvalue weighted by Gasteiger charge is 2.40. The standard InChI is InChI=1S/C22H17ClN4O5S/c1-31-14-6-7-16(32-2)15(11-14)27-20(29)17(23)18(21(27)30)25-13-5-3-4-12(10-13)19(28)26-22-24-8-9-33-22/h3-11,25H,1-2H3,(H,24,26,28). The molecule has 0 spiro atoms. The lowest BCUT2D eigenvalue weighted by Crippen LogP contribution is -2.32. The van der Waals surface area contributed by atoms with Gasteiger partial charge in [0.05, 0.1) is 19.9 Å². The number of benzene rings is 2. The Morgan fingerprint density at radius 3 is 2.61 bits per heavy atom. The quantitative estimate of drug-likeness (QED) is 0.490. The van der Waals surface area contributed by atoms with Gasteiger partial charge in [0.1, 0.15) is 22.2 Å². The number of nitrogens with one attached hydrogen (secondary N) is 2. The van der Waals surface area contributed by atoms with Crippen LogP contribution in [0.25, 0.3) is 0 Å². The summed E-state index contributed by atoms with van der Waals surface area (Å²) in [5.74, 6) is -1.03. The van der Waals surface area contributed by atoms with E-state index in [1.807, 2.05) is 0 Å². The number of imide groups is 1. The van der Waals surface area contributed by atoms with Gasteiger partial charge in [-0.15, -0.1) is 11.3 Å². The zero-order chi connectivity index (χ0) is 23.5. The van der Waals surface area contributed by atoms with Crippen molar-refractivity contribution in [3.8, 4) is 11.5 Å². The molecule has 2 N–H and O–H groups in total. The highest BCUT2D eigenvalue weighted by molar-refractivity contribution is 7.13. The topological polar surface area (TPSA) is 110 Å². The average molecular weight is 485 g/mol. The van der Waals surface area contributed by atoms with Gasteiger partial charge in [-0.3, -0.25) is 19.7 Å². The molecule has 11 heteroatoms. The van der Waals surface area contributed by atoms with Gasteiger partial charge in [-0.25, -0.2) is 9.88 Å². The molecule has 0 unspecified atom stereocenters. The first kappa shape index (κ1) is 22.3. The molecule has 4 rings (SSSR count). The number of amides is 3. The first-order chi connectivity index (χ1) is 15.9. The van der Waals surface area contributed by atoms with Crippen LogP contribution in [0.2, 0.25) is 0 Å². The van der Waals surface area contributed by atoms with Crippen molar-refractivity contribution in [2.75, 3.05) is 29.8 Å². The number of hydrogen-bond acceptors (Lipinski definition) is 8. The summed E-state index contributed by atoms with van der Waals surface area (Å²) in [5.41, 5.74) is 0.799. The average Bonchev–Trinajstić information content (AvgIpc) is 3.41. The Balaban J connectivity index is 1.59. The van der Waals surface area contributed by atoms with Crippen LogP contribution in [0.3, 0.4) is 0 Å². The molecule has 168 valence electrons. The number of hydrogen-bond donors (Lipinski definition) is 2. The van der Waals surface area contributed by atoms with E-state index in [-0.39, 0.29) is 22.3 Å². The summed E-state index contributed by atoms with van der Waals surface area (Å²) in [6.45, 7) is 0. The normalized spacial score (nSPS) is 13.4. The van der Waals surface area contributed by atoms with E-state index >= 15 is 0 Å². The van der Waals surface area contributed by atoms with Crippen molar-refractivity contribution in [3.05, 3.63) is 70.3 Å². The van der Waals surface area contributed by atoms with Crippen LogP contribution in [0.15, 0.2) is 64.8 Å². The Morgan fingerprint density at radius 1 is 1.09 bits per heavy atom. The molecular weight excluding hydrogens is 468 g/mol. The van der Waals surface area contributed by atoms with E-state index < -0.39 is 11.8 Å². The van der Waals surface area contributed by atoms with Crippen LogP contribution < -0.4 is 25.0 Å². The van der Waals surface area contributed by atoms with E-state index in [0.29, 0.717) is 27.9 Å². The van der Waals surface area contributed by atoms with Crippen LogP contribution in [0, 0.1) is 0 Å². The second kappa shape index (κ2) is 9.31. The van der Waals surface area contributed by atoms with Crippen molar-refractivity contribution >= 4 is 57.2 Å². The fraction of sp³-hybridized carbons (Fsp3) is 0.0909. The van der Waals surface area contributed by atoms with Gasteiger partial charge in [-0.1, -0.05) is 17.7 Å². The number of carbonyl (C=O) groups excluding carboxylic acids is 3. The van der Waals surface area contributed by atoms with E-state index in [2.05, 4.69) is 15.6 Å². The highest BCUT2D eigenvalue weighted by atomic mass is 35.5. The van der Waals surface area contributed by atoms with Crippen LogP contribution in [0.4, 0.5) is 16.5 Å². The van der Waals surface area contributed by atoms with Gasteiger partial charge in [-0.05, 0) is 30.3 Å². The third-order valence-corrected chi connectivity index (χ3v) is 5.74. The zero-order valence-corrected chi connectivity index (χ0v) is 19.0. The van der Waals surface area contributed by atoms with Crippen molar-refractivity contribution in [2.45, 2.75) is 0 Å². The van der Waals surface area contributed by atoms with Gasteiger partial charge in [-0.2, -0.15) is 0 Å².